The highest BCUT2D eigenvalue weighted by Crippen LogP contribution is 2.61. The number of carbonyl (C=O) groups is 1. The number of allylic oxidation sites excluding steroid dienone is 1. The fraction of sp³-hybridized carbons (Fsp3) is 0.800. The molecule has 1 aliphatic heterocycles. The van der Waals surface area contributed by atoms with E-state index in [9.17, 15) is 4.79 Å². The second kappa shape index (κ2) is 4.22. The van der Waals surface area contributed by atoms with E-state index < -0.39 is 8.32 Å². The molecule has 18 heavy (non-hydrogen) atoms. The van der Waals surface area contributed by atoms with Crippen LogP contribution in [-0.4, -0.2) is 14.3 Å². The van der Waals surface area contributed by atoms with Gasteiger partial charge in [-0.15, -0.1) is 6.58 Å². The number of rotatable bonds is 2. The zero-order chi connectivity index (χ0) is 14.4. The zero-order valence-corrected chi connectivity index (χ0v) is 14.0. The van der Waals surface area contributed by atoms with Gasteiger partial charge in [-0.3, -0.25) is 4.79 Å². The van der Waals surface area contributed by atoms with Crippen molar-refractivity contribution >= 4 is 14.3 Å². The van der Waals surface area contributed by atoms with Crippen LogP contribution in [0.1, 0.15) is 54.9 Å². The molecule has 0 bridgehead atoms. The molecule has 0 aromatic carbocycles. The van der Waals surface area contributed by atoms with Crippen LogP contribution >= 0.6 is 0 Å². The fourth-order valence-corrected chi connectivity index (χ4v) is 9.32. The first-order chi connectivity index (χ1) is 7.90. The normalized spacial score (nSPS) is 28.1. The minimum atomic E-state index is -2.17. The van der Waals surface area contributed by atoms with Crippen molar-refractivity contribution in [3.8, 4) is 0 Å². The lowest BCUT2D eigenvalue weighted by Gasteiger charge is -2.46. The molecule has 104 valence electrons. The molecule has 1 aliphatic rings. The third-order valence-electron chi connectivity index (χ3n) is 4.42. The number of carbonyl (C=O) groups excluding carboxylic acids is 1. The molecule has 0 N–H and O–H groups in total. The zero-order valence-electron chi connectivity index (χ0n) is 13.0. The highest BCUT2D eigenvalue weighted by molar-refractivity contribution is 6.82. The lowest BCUT2D eigenvalue weighted by Crippen LogP contribution is -2.52. The summed E-state index contributed by atoms with van der Waals surface area (Å²) in [5.74, 6) is -0.0149. The van der Waals surface area contributed by atoms with Crippen molar-refractivity contribution in [2.45, 2.75) is 71.0 Å². The molecule has 2 nitrogen and oxygen atoms in total. The van der Waals surface area contributed by atoms with Gasteiger partial charge in [0, 0.05) is 0 Å². The molecule has 0 aromatic heterocycles. The Kier molecular flexibility index (Phi) is 3.63. The first-order valence-corrected chi connectivity index (χ1v) is 8.85. The molecule has 0 aromatic rings. The van der Waals surface area contributed by atoms with Crippen LogP contribution < -0.4 is 0 Å². The second-order valence-electron chi connectivity index (χ2n) is 7.95. The van der Waals surface area contributed by atoms with Crippen molar-refractivity contribution < 1.29 is 9.22 Å². The summed E-state index contributed by atoms with van der Waals surface area (Å²) >= 11 is 0. The van der Waals surface area contributed by atoms with Crippen LogP contribution in [0.15, 0.2) is 12.7 Å². The summed E-state index contributed by atoms with van der Waals surface area (Å²) in [6.45, 7) is 19.1. The van der Waals surface area contributed by atoms with Crippen LogP contribution in [0.25, 0.3) is 0 Å². The molecule has 1 fully saturated rings. The van der Waals surface area contributed by atoms with Gasteiger partial charge in [-0.2, -0.15) is 0 Å². The van der Waals surface area contributed by atoms with E-state index in [4.69, 9.17) is 4.43 Å². The molecule has 1 heterocycles. The summed E-state index contributed by atoms with van der Waals surface area (Å²) < 4.78 is 6.10. The largest absolute Gasteiger partial charge is 0.518 e. The average Bonchev–Trinajstić information content (AvgIpc) is 2.39. The summed E-state index contributed by atoms with van der Waals surface area (Å²) in [5, 5.41) is 0.111. The Bertz CT molecular complexity index is 346. The van der Waals surface area contributed by atoms with Gasteiger partial charge < -0.3 is 4.43 Å². The summed E-state index contributed by atoms with van der Waals surface area (Å²) in [4.78, 5) is 12.4. The maximum absolute atomic E-state index is 12.4. The maximum atomic E-state index is 12.4. The van der Waals surface area contributed by atoms with Gasteiger partial charge in [-0.25, -0.2) is 0 Å². The van der Waals surface area contributed by atoms with E-state index in [1.807, 2.05) is 13.0 Å². The first kappa shape index (κ1) is 15.5. The molecular formula is C15H28O2Si. The van der Waals surface area contributed by atoms with E-state index in [2.05, 4.69) is 48.1 Å². The second-order valence-corrected chi connectivity index (χ2v) is 13.2. The molecular weight excluding hydrogens is 240 g/mol. The predicted octanol–water partition coefficient (Wildman–Crippen LogP) is 4.67. The van der Waals surface area contributed by atoms with E-state index >= 15 is 0 Å². The van der Waals surface area contributed by atoms with Crippen molar-refractivity contribution in [2.75, 3.05) is 0 Å². The monoisotopic (exact) mass is 268 g/mol. The standard InChI is InChI=1S/C15H28O2Si/c1-9-10-15(8)11-18(13(2,3)4,14(5,6)7)17-12(15)16/h9H,1,10-11H2,2-8H3. The maximum Gasteiger partial charge on any atom is 0.298 e. The van der Waals surface area contributed by atoms with Gasteiger partial charge in [-0.05, 0) is 29.5 Å². The van der Waals surface area contributed by atoms with Gasteiger partial charge in [0.25, 0.3) is 14.3 Å². The lowest BCUT2D eigenvalue weighted by molar-refractivity contribution is -0.141. The Hall–Kier alpha value is -0.573. The van der Waals surface area contributed by atoms with Crippen LogP contribution in [0.5, 0.6) is 0 Å². The Morgan fingerprint density at radius 3 is 2.00 bits per heavy atom. The quantitative estimate of drug-likeness (QED) is 0.537. The Balaban J connectivity index is 3.28. The lowest BCUT2D eigenvalue weighted by atomic mass is 9.89. The van der Waals surface area contributed by atoms with E-state index in [1.165, 1.54) is 0 Å². The van der Waals surface area contributed by atoms with Gasteiger partial charge in [0.2, 0.25) is 0 Å². The number of hydrogen-bond donors (Lipinski definition) is 0. The van der Waals surface area contributed by atoms with Gasteiger partial charge >= 0.3 is 0 Å². The minimum Gasteiger partial charge on any atom is -0.518 e. The van der Waals surface area contributed by atoms with Gasteiger partial charge in [0.1, 0.15) is 0 Å². The van der Waals surface area contributed by atoms with Crippen molar-refractivity contribution in [2.24, 2.45) is 5.41 Å². The van der Waals surface area contributed by atoms with Crippen molar-refractivity contribution in [3.05, 3.63) is 12.7 Å². The first-order valence-electron chi connectivity index (χ1n) is 6.74. The Morgan fingerprint density at radius 2 is 1.72 bits per heavy atom. The Labute approximate surface area is 113 Å². The molecule has 0 spiro atoms. The summed E-state index contributed by atoms with van der Waals surface area (Å²) in [6, 6.07) is 0.901. The van der Waals surface area contributed by atoms with Crippen LogP contribution in [0, 0.1) is 5.41 Å². The van der Waals surface area contributed by atoms with Crippen molar-refractivity contribution in [1.82, 2.24) is 0 Å². The van der Waals surface area contributed by atoms with Crippen molar-refractivity contribution in [3.63, 3.8) is 0 Å². The smallest absolute Gasteiger partial charge is 0.298 e. The van der Waals surface area contributed by atoms with Crippen LogP contribution in [0.2, 0.25) is 16.1 Å². The highest BCUT2D eigenvalue weighted by Gasteiger charge is 2.66. The van der Waals surface area contributed by atoms with E-state index in [1.54, 1.807) is 0 Å². The van der Waals surface area contributed by atoms with Crippen molar-refractivity contribution in [1.29, 1.82) is 0 Å². The minimum absolute atomic E-state index is 0.0149. The molecule has 0 radical (unpaired) electrons. The van der Waals surface area contributed by atoms with E-state index in [0.29, 0.717) is 6.42 Å². The van der Waals surface area contributed by atoms with Crippen LogP contribution in [-0.2, 0) is 9.22 Å². The molecule has 1 unspecified atom stereocenters. The topological polar surface area (TPSA) is 26.3 Å². The number of hydrogen-bond acceptors (Lipinski definition) is 2. The molecule has 1 atom stereocenters. The predicted molar refractivity (Wildman–Crippen MR) is 79.0 cm³/mol. The third kappa shape index (κ3) is 2.17. The Morgan fingerprint density at radius 1 is 1.28 bits per heavy atom. The molecule has 0 aliphatic carbocycles. The third-order valence-corrected chi connectivity index (χ3v) is 11.1. The van der Waals surface area contributed by atoms with E-state index in [-0.39, 0.29) is 21.5 Å². The highest BCUT2D eigenvalue weighted by atomic mass is 28.4. The molecule has 0 saturated carbocycles. The SMILES string of the molecule is C=CCC1(C)C[Si](C(C)(C)C)(C(C)(C)C)OC1=O. The fourth-order valence-electron chi connectivity index (χ4n) is 3.37. The summed E-state index contributed by atoms with van der Waals surface area (Å²) in [7, 11) is -2.17. The average molecular weight is 268 g/mol. The molecule has 0 amide bonds. The van der Waals surface area contributed by atoms with Gasteiger partial charge in [0.15, 0.2) is 0 Å². The summed E-state index contributed by atoms with van der Waals surface area (Å²) in [5.41, 5.74) is -0.367. The van der Waals surface area contributed by atoms with Gasteiger partial charge in [0.05, 0.1) is 5.41 Å². The van der Waals surface area contributed by atoms with Gasteiger partial charge in [-0.1, -0.05) is 47.6 Å². The van der Waals surface area contributed by atoms with Crippen LogP contribution in [0.4, 0.5) is 0 Å². The molecule has 1 saturated heterocycles. The van der Waals surface area contributed by atoms with E-state index in [0.717, 1.165) is 6.04 Å². The summed E-state index contributed by atoms with van der Waals surface area (Å²) in [6.07, 6.45) is 2.56. The molecule has 3 heteroatoms. The van der Waals surface area contributed by atoms with Crippen LogP contribution in [0.3, 0.4) is 0 Å². The molecule has 1 rings (SSSR count).